The number of benzene rings is 1. The second-order valence-corrected chi connectivity index (χ2v) is 13.5. The fourth-order valence-electron chi connectivity index (χ4n) is 0.534. The van der Waals surface area contributed by atoms with E-state index in [1.54, 1.807) is 0 Å². The SMILES string of the molecule is CC.Cc1ccccc1.[I][V][I]. The molecule has 0 N–H and O–H groups in total. The van der Waals surface area contributed by atoms with Gasteiger partial charge in [0.05, 0.1) is 0 Å². The normalized spacial score (nSPS) is 6.75. The Labute approximate surface area is 105 Å². The standard InChI is InChI=1S/C7H8.C2H6.2HI.V/c1-7-5-3-2-4-6-7;1-2;;;/h2-6H,1H3;1-2H3;2*1H;/q;;;;+2/p-2. The van der Waals surface area contributed by atoms with E-state index in [9.17, 15) is 0 Å². The van der Waals surface area contributed by atoms with Gasteiger partial charge in [-0.1, -0.05) is 49.7 Å². The van der Waals surface area contributed by atoms with Crippen LogP contribution < -0.4 is 0 Å². The molecule has 0 bridgehead atoms. The van der Waals surface area contributed by atoms with E-state index >= 15 is 0 Å². The maximum absolute atomic E-state index is 2.37. The van der Waals surface area contributed by atoms with Crippen LogP contribution in [-0.2, 0) is 9.47 Å². The Morgan fingerprint density at radius 3 is 1.50 bits per heavy atom. The van der Waals surface area contributed by atoms with Gasteiger partial charge in [0.15, 0.2) is 0 Å². The molecule has 0 amide bonds. The zero-order valence-corrected chi connectivity index (χ0v) is 13.3. The molecule has 0 aliphatic carbocycles. The third kappa shape index (κ3) is 13.8. The summed E-state index contributed by atoms with van der Waals surface area (Å²) in [6.45, 7) is 6.08. The van der Waals surface area contributed by atoms with E-state index in [1.165, 1.54) is 5.56 Å². The van der Waals surface area contributed by atoms with Gasteiger partial charge in [0.1, 0.15) is 0 Å². The van der Waals surface area contributed by atoms with Gasteiger partial charge in [-0.05, 0) is 6.92 Å². The second kappa shape index (κ2) is 14.8. The predicted molar refractivity (Wildman–Crippen MR) is 70.6 cm³/mol. The molecule has 0 saturated heterocycles. The van der Waals surface area contributed by atoms with E-state index in [4.69, 9.17) is 0 Å². The van der Waals surface area contributed by atoms with E-state index < -0.39 is 0 Å². The Morgan fingerprint density at radius 1 is 1.00 bits per heavy atom. The zero-order valence-electron chi connectivity index (χ0n) is 7.59. The topological polar surface area (TPSA) is 0 Å². The average Bonchev–Trinajstić information content (AvgIpc) is 2.11. The van der Waals surface area contributed by atoms with Crippen LogP contribution >= 0.6 is 40.0 Å². The molecule has 0 fully saturated rings. The number of hydrogen-bond donors (Lipinski definition) is 0. The molecule has 0 heterocycles. The molecule has 0 atom stereocenters. The third-order valence-corrected chi connectivity index (χ3v) is 0.940. The molecule has 1 aromatic rings. The molecule has 0 saturated carbocycles. The van der Waals surface area contributed by atoms with Crippen LogP contribution in [0.1, 0.15) is 19.4 Å². The second-order valence-electron chi connectivity index (χ2n) is 1.72. The Hall–Kier alpha value is 1.26. The summed E-state index contributed by atoms with van der Waals surface area (Å²) < 4.78 is 0. The fourth-order valence-corrected chi connectivity index (χ4v) is 0.534. The number of halogens is 2. The van der Waals surface area contributed by atoms with Gasteiger partial charge in [-0.15, -0.1) is 0 Å². The van der Waals surface area contributed by atoms with Crippen molar-refractivity contribution in [2.45, 2.75) is 20.8 Å². The first-order chi connectivity index (χ1) is 5.81. The van der Waals surface area contributed by atoms with Gasteiger partial charge in [0, 0.05) is 0 Å². The molecule has 0 unspecified atom stereocenters. The quantitative estimate of drug-likeness (QED) is 0.523. The fraction of sp³-hybridized carbons (Fsp3) is 0.333. The summed E-state index contributed by atoms with van der Waals surface area (Å²) in [6, 6.07) is 10.3. The van der Waals surface area contributed by atoms with Crippen molar-refractivity contribution in [3.05, 3.63) is 35.9 Å². The van der Waals surface area contributed by atoms with Crippen LogP contribution in [0.5, 0.6) is 0 Å². The summed E-state index contributed by atoms with van der Waals surface area (Å²) in [7, 11) is 0.628. The van der Waals surface area contributed by atoms with Crippen LogP contribution in [0.2, 0.25) is 0 Å². The van der Waals surface area contributed by atoms with Crippen LogP contribution in [-0.4, -0.2) is 0 Å². The summed E-state index contributed by atoms with van der Waals surface area (Å²) in [4.78, 5) is 0. The minimum absolute atomic E-state index is 0.628. The van der Waals surface area contributed by atoms with Crippen LogP contribution in [0.3, 0.4) is 0 Å². The van der Waals surface area contributed by atoms with Crippen molar-refractivity contribution in [2.24, 2.45) is 0 Å². The molecular weight excluding hydrogens is 413 g/mol. The maximum atomic E-state index is 2.37. The van der Waals surface area contributed by atoms with Gasteiger partial charge >= 0.3 is 49.4 Å². The van der Waals surface area contributed by atoms with Gasteiger partial charge in [-0.25, -0.2) is 0 Å². The van der Waals surface area contributed by atoms with Gasteiger partial charge in [-0.3, -0.25) is 0 Å². The number of hydrogen-bond acceptors (Lipinski definition) is 0. The van der Waals surface area contributed by atoms with Crippen molar-refractivity contribution in [2.75, 3.05) is 0 Å². The Bertz CT molecular complexity index is 154. The van der Waals surface area contributed by atoms with Crippen LogP contribution in [0.25, 0.3) is 0 Å². The van der Waals surface area contributed by atoms with E-state index in [2.05, 4.69) is 59.0 Å². The molecule has 69 valence electrons. The summed E-state index contributed by atoms with van der Waals surface area (Å²) >= 11 is 4.74. The van der Waals surface area contributed by atoms with E-state index in [0.717, 1.165) is 0 Å². The molecule has 1 rings (SSSR count). The van der Waals surface area contributed by atoms with E-state index in [-0.39, 0.29) is 0 Å². The van der Waals surface area contributed by atoms with Gasteiger partial charge < -0.3 is 0 Å². The van der Waals surface area contributed by atoms with Crippen LogP contribution in [0.15, 0.2) is 30.3 Å². The van der Waals surface area contributed by atoms with Crippen molar-refractivity contribution < 1.29 is 9.47 Å². The Morgan fingerprint density at radius 2 is 1.33 bits per heavy atom. The van der Waals surface area contributed by atoms with Crippen molar-refractivity contribution in [1.29, 1.82) is 0 Å². The van der Waals surface area contributed by atoms with Crippen molar-refractivity contribution >= 4 is 40.0 Å². The zero-order chi connectivity index (χ0) is 9.82. The summed E-state index contributed by atoms with van der Waals surface area (Å²) in [5, 5.41) is 0. The molecule has 12 heavy (non-hydrogen) atoms. The molecule has 0 spiro atoms. The number of rotatable bonds is 0. The summed E-state index contributed by atoms with van der Waals surface area (Å²) in [6.07, 6.45) is 0. The Kier molecular flexibility index (Phi) is 19.4. The molecule has 0 radical (unpaired) electrons. The summed E-state index contributed by atoms with van der Waals surface area (Å²) in [5.41, 5.74) is 1.32. The van der Waals surface area contributed by atoms with E-state index in [0.29, 0.717) is 9.47 Å². The summed E-state index contributed by atoms with van der Waals surface area (Å²) in [5.74, 6) is 0. The van der Waals surface area contributed by atoms with Crippen molar-refractivity contribution in [3.63, 3.8) is 0 Å². The minimum atomic E-state index is 0.628. The molecule has 0 aliphatic heterocycles. The molecule has 0 nitrogen and oxygen atoms in total. The van der Waals surface area contributed by atoms with Crippen LogP contribution in [0, 0.1) is 6.92 Å². The molecule has 0 aromatic heterocycles. The third-order valence-electron chi connectivity index (χ3n) is 0.940. The van der Waals surface area contributed by atoms with Crippen molar-refractivity contribution in [3.8, 4) is 0 Å². The van der Waals surface area contributed by atoms with Crippen molar-refractivity contribution in [1.82, 2.24) is 0 Å². The first-order valence-corrected chi connectivity index (χ1v) is 12.8. The van der Waals surface area contributed by atoms with Gasteiger partial charge in [0.25, 0.3) is 0 Å². The molecular formula is C9H14I2V. The van der Waals surface area contributed by atoms with Gasteiger partial charge in [0.2, 0.25) is 0 Å². The first-order valence-electron chi connectivity index (χ1n) is 3.75. The molecule has 3 heteroatoms. The monoisotopic (exact) mass is 427 g/mol. The van der Waals surface area contributed by atoms with Crippen LogP contribution in [0.4, 0.5) is 0 Å². The number of aryl methyl sites for hydroxylation is 1. The van der Waals surface area contributed by atoms with Gasteiger partial charge in [-0.2, -0.15) is 0 Å². The average molecular weight is 427 g/mol. The Balaban J connectivity index is 0. The predicted octanol–water partition coefficient (Wildman–Crippen LogP) is 4.79. The molecule has 1 aromatic carbocycles. The van der Waals surface area contributed by atoms with E-state index in [1.807, 2.05) is 32.0 Å². The first kappa shape index (κ1) is 15.7. The molecule has 0 aliphatic rings.